The standard InChI is InChI=1S/C23H21ClN6OS2/c24-17-6-2-3-7-19(17)30-21(16-8-10-25-11-9-16)27-28-23(30)33-15-20-26-18(14-32-20)22(31)29-12-4-1-5-13-29/h2-3,6-11,14H,1,4-5,12-13,15H2. The van der Waals surface area contributed by atoms with Crippen molar-refractivity contribution in [1.82, 2.24) is 29.6 Å². The average molecular weight is 497 g/mol. The van der Waals surface area contributed by atoms with Crippen LogP contribution in [-0.2, 0) is 5.75 Å². The molecule has 0 N–H and O–H groups in total. The fourth-order valence-electron chi connectivity index (χ4n) is 3.76. The Morgan fingerprint density at radius 3 is 2.64 bits per heavy atom. The number of likely N-dealkylation sites (tertiary alicyclic amines) is 1. The number of rotatable bonds is 6. The van der Waals surface area contributed by atoms with Gasteiger partial charge in [-0.25, -0.2) is 4.98 Å². The number of piperidine rings is 1. The van der Waals surface area contributed by atoms with E-state index in [1.54, 1.807) is 12.4 Å². The van der Waals surface area contributed by atoms with Gasteiger partial charge < -0.3 is 4.90 Å². The Hall–Kier alpha value is -2.75. The van der Waals surface area contributed by atoms with E-state index in [4.69, 9.17) is 11.6 Å². The summed E-state index contributed by atoms with van der Waals surface area (Å²) in [6.07, 6.45) is 6.77. The number of halogens is 1. The quantitative estimate of drug-likeness (QED) is 0.334. The van der Waals surface area contributed by atoms with Crippen LogP contribution in [0.25, 0.3) is 17.1 Å². The van der Waals surface area contributed by atoms with Crippen molar-refractivity contribution in [3.8, 4) is 17.1 Å². The van der Waals surface area contributed by atoms with Gasteiger partial charge in [-0.3, -0.25) is 14.3 Å². The lowest BCUT2D eigenvalue weighted by Crippen LogP contribution is -2.35. The van der Waals surface area contributed by atoms with Gasteiger partial charge in [-0.15, -0.1) is 21.5 Å². The molecule has 168 valence electrons. The van der Waals surface area contributed by atoms with Crippen molar-refractivity contribution in [2.24, 2.45) is 0 Å². The van der Waals surface area contributed by atoms with E-state index in [1.165, 1.54) is 29.5 Å². The monoisotopic (exact) mass is 496 g/mol. The highest BCUT2D eigenvalue weighted by Gasteiger charge is 2.22. The van der Waals surface area contributed by atoms with Crippen molar-refractivity contribution in [3.05, 3.63) is 69.9 Å². The molecular weight excluding hydrogens is 476 g/mol. The molecule has 0 bridgehead atoms. The van der Waals surface area contributed by atoms with E-state index in [2.05, 4.69) is 20.2 Å². The van der Waals surface area contributed by atoms with E-state index in [-0.39, 0.29) is 5.91 Å². The molecule has 0 saturated carbocycles. The van der Waals surface area contributed by atoms with Gasteiger partial charge in [0.2, 0.25) is 0 Å². The van der Waals surface area contributed by atoms with Crippen LogP contribution < -0.4 is 0 Å². The number of amides is 1. The predicted molar refractivity (Wildman–Crippen MR) is 131 cm³/mol. The molecule has 4 heterocycles. The first-order valence-electron chi connectivity index (χ1n) is 10.7. The van der Waals surface area contributed by atoms with Crippen molar-refractivity contribution in [1.29, 1.82) is 0 Å². The van der Waals surface area contributed by atoms with Crippen molar-refractivity contribution in [2.45, 2.75) is 30.2 Å². The number of nitrogens with zero attached hydrogens (tertiary/aromatic N) is 6. The number of thioether (sulfide) groups is 1. The summed E-state index contributed by atoms with van der Waals surface area (Å²) in [5, 5.41) is 12.9. The third kappa shape index (κ3) is 4.80. The molecular formula is C23H21ClN6OS2. The van der Waals surface area contributed by atoms with E-state index in [9.17, 15) is 4.79 Å². The van der Waals surface area contributed by atoms with E-state index in [0.29, 0.717) is 27.5 Å². The summed E-state index contributed by atoms with van der Waals surface area (Å²) < 4.78 is 1.95. The molecule has 1 aliphatic rings. The Morgan fingerprint density at radius 1 is 1.06 bits per heavy atom. The highest BCUT2D eigenvalue weighted by atomic mass is 35.5. The molecule has 33 heavy (non-hydrogen) atoms. The minimum absolute atomic E-state index is 0.0291. The van der Waals surface area contributed by atoms with Gasteiger partial charge in [0.15, 0.2) is 11.0 Å². The molecule has 1 aliphatic heterocycles. The maximum atomic E-state index is 12.7. The minimum Gasteiger partial charge on any atom is -0.337 e. The van der Waals surface area contributed by atoms with Crippen LogP contribution in [0.1, 0.15) is 34.8 Å². The number of benzene rings is 1. The van der Waals surface area contributed by atoms with Gasteiger partial charge in [-0.1, -0.05) is 35.5 Å². The number of para-hydroxylation sites is 1. The van der Waals surface area contributed by atoms with E-state index in [1.807, 2.05) is 51.2 Å². The predicted octanol–water partition coefficient (Wildman–Crippen LogP) is 5.36. The fraction of sp³-hybridized carbons (Fsp3) is 0.261. The lowest BCUT2D eigenvalue weighted by molar-refractivity contribution is 0.0719. The summed E-state index contributed by atoms with van der Waals surface area (Å²) in [4.78, 5) is 23.3. The van der Waals surface area contributed by atoms with Gasteiger partial charge in [0.05, 0.1) is 16.5 Å². The Bertz CT molecular complexity index is 1250. The third-order valence-corrected chi connectivity index (χ3v) is 7.70. The minimum atomic E-state index is 0.0291. The average Bonchev–Trinajstić information content (AvgIpc) is 3.51. The smallest absolute Gasteiger partial charge is 0.273 e. The summed E-state index contributed by atoms with van der Waals surface area (Å²) in [5.74, 6) is 1.30. The molecule has 10 heteroatoms. The van der Waals surface area contributed by atoms with E-state index < -0.39 is 0 Å². The molecule has 1 fully saturated rings. The van der Waals surface area contributed by atoms with Crippen LogP contribution in [0.2, 0.25) is 5.02 Å². The zero-order chi connectivity index (χ0) is 22.6. The van der Waals surface area contributed by atoms with Crippen molar-refractivity contribution < 1.29 is 4.79 Å². The number of aromatic nitrogens is 5. The van der Waals surface area contributed by atoms with Crippen LogP contribution in [0, 0.1) is 0 Å². The second kappa shape index (κ2) is 10.0. The maximum Gasteiger partial charge on any atom is 0.273 e. The molecule has 0 aliphatic carbocycles. The highest BCUT2D eigenvalue weighted by molar-refractivity contribution is 7.98. The summed E-state index contributed by atoms with van der Waals surface area (Å²) >= 11 is 9.54. The van der Waals surface area contributed by atoms with Crippen LogP contribution in [0.5, 0.6) is 0 Å². The molecule has 7 nitrogen and oxygen atoms in total. The molecule has 1 saturated heterocycles. The number of carbonyl (C=O) groups is 1. The van der Waals surface area contributed by atoms with Gasteiger partial charge in [0, 0.05) is 36.4 Å². The summed E-state index contributed by atoms with van der Waals surface area (Å²) in [5.41, 5.74) is 2.23. The molecule has 4 aromatic rings. The lowest BCUT2D eigenvalue weighted by atomic mass is 10.1. The van der Waals surface area contributed by atoms with E-state index in [0.717, 1.165) is 42.2 Å². The van der Waals surface area contributed by atoms with Crippen molar-refractivity contribution >= 4 is 40.6 Å². The number of pyridine rings is 1. The number of thiazole rings is 1. The Labute approximate surface area is 204 Å². The summed E-state index contributed by atoms with van der Waals surface area (Å²) in [6, 6.07) is 11.4. The molecule has 5 rings (SSSR count). The normalized spacial score (nSPS) is 13.9. The lowest BCUT2D eigenvalue weighted by Gasteiger charge is -2.25. The Balaban J connectivity index is 1.39. The van der Waals surface area contributed by atoms with Gasteiger partial charge in [0.25, 0.3) is 5.91 Å². The van der Waals surface area contributed by atoms with Crippen LogP contribution in [0.15, 0.2) is 59.3 Å². The molecule has 0 unspecified atom stereocenters. The highest BCUT2D eigenvalue weighted by Crippen LogP contribution is 2.33. The number of hydrogen-bond acceptors (Lipinski definition) is 7. The second-order valence-electron chi connectivity index (χ2n) is 7.60. The third-order valence-electron chi connectivity index (χ3n) is 5.40. The molecule has 3 aromatic heterocycles. The van der Waals surface area contributed by atoms with Crippen LogP contribution in [0.3, 0.4) is 0 Å². The van der Waals surface area contributed by atoms with Crippen LogP contribution in [0.4, 0.5) is 0 Å². The number of hydrogen-bond donors (Lipinski definition) is 0. The van der Waals surface area contributed by atoms with E-state index >= 15 is 0 Å². The first kappa shape index (κ1) is 22.1. The molecule has 1 aromatic carbocycles. The first-order chi connectivity index (χ1) is 16.2. The van der Waals surface area contributed by atoms with Gasteiger partial charge in [-0.05, 0) is 43.5 Å². The van der Waals surface area contributed by atoms with Crippen molar-refractivity contribution in [2.75, 3.05) is 13.1 Å². The number of carbonyl (C=O) groups excluding carboxylic acids is 1. The largest absolute Gasteiger partial charge is 0.337 e. The topological polar surface area (TPSA) is 76.8 Å². The van der Waals surface area contributed by atoms with Gasteiger partial charge in [0.1, 0.15) is 10.7 Å². The summed E-state index contributed by atoms with van der Waals surface area (Å²) in [6.45, 7) is 1.64. The summed E-state index contributed by atoms with van der Waals surface area (Å²) in [7, 11) is 0. The van der Waals surface area contributed by atoms with Gasteiger partial charge >= 0.3 is 0 Å². The first-order valence-corrected chi connectivity index (χ1v) is 12.9. The Morgan fingerprint density at radius 2 is 1.85 bits per heavy atom. The molecule has 1 amide bonds. The molecule has 0 spiro atoms. The SMILES string of the molecule is O=C(c1csc(CSc2nnc(-c3ccncc3)n2-c2ccccc2Cl)n1)N1CCCCC1. The van der Waals surface area contributed by atoms with Crippen LogP contribution >= 0.6 is 34.7 Å². The van der Waals surface area contributed by atoms with Crippen LogP contribution in [-0.4, -0.2) is 48.6 Å². The Kier molecular flexibility index (Phi) is 6.70. The molecule has 0 atom stereocenters. The fourth-order valence-corrected chi connectivity index (χ4v) is 5.71. The second-order valence-corrected chi connectivity index (χ2v) is 9.89. The van der Waals surface area contributed by atoms with Gasteiger partial charge in [-0.2, -0.15) is 0 Å². The van der Waals surface area contributed by atoms with Crippen molar-refractivity contribution in [3.63, 3.8) is 0 Å². The maximum absolute atomic E-state index is 12.7. The molecule has 0 radical (unpaired) electrons. The zero-order valence-corrected chi connectivity index (χ0v) is 20.1. The zero-order valence-electron chi connectivity index (χ0n) is 17.7.